The Morgan fingerprint density at radius 1 is 1.38 bits per heavy atom. The zero-order chi connectivity index (χ0) is 11.6. The summed E-state index contributed by atoms with van der Waals surface area (Å²) in [6.07, 6.45) is 0.813. The van der Waals surface area contributed by atoms with Gasteiger partial charge >= 0.3 is 0 Å². The summed E-state index contributed by atoms with van der Waals surface area (Å²) < 4.78 is 25.6. The van der Waals surface area contributed by atoms with Gasteiger partial charge in [-0.2, -0.15) is 0 Å². The van der Waals surface area contributed by atoms with Crippen molar-refractivity contribution in [2.24, 2.45) is 0 Å². The number of hydrogen-bond donors (Lipinski definition) is 1. The Kier molecular flexibility index (Phi) is 3.05. The predicted molar refractivity (Wildman–Crippen MR) is 66.4 cm³/mol. The van der Waals surface area contributed by atoms with Crippen LogP contribution in [0.1, 0.15) is 13.3 Å². The van der Waals surface area contributed by atoms with Crippen LogP contribution in [0.15, 0.2) is 24.3 Å². The zero-order valence-corrected chi connectivity index (χ0v) is 10.1. The summed E-state index contributed by atoms with van der Waals surface area (Å²) in [4.78, 5) is 0. The maximum atomic E-state index is 12.0. The molecule has 4 nitrogen and oxygen atoms in total. The number of hydrogen-bond acceptors (Lipinski definition) is 3. The van der Waals surface area contributed by atoms with Crippen molar-refractivity contribution in [1.82, 2.24) is 0 Å². The first-order valence-electron chi connectivity index (χ1n) is 5.48. The van der Waals surface area contributed by atoms with Crippen LogP contribution in [0, 0.1) is 0 Å². The average Bonchev–Trinajstić information content (AvgIpc) is 2.37. The van der Waals surface area contributed by atoms with E-state index in [9.17, 15) is 8.42 Å². The van der Waals surface area contributed by atoms with Gasteiger partial charge < -0.3 is 5.32 Å². The quantitative estimate of drug-likeness (QED) is 0.855. The standard InChI is InChI=1S/C11H16N2O2S/c1-2-8-13-11-6-4-3-5-10(11)12-7-9-16(13,14)15/h3-6,12H,2,7-9H2,1H3. The Balaban J connectivity index is 2.50. The van der Waals surface area contributed by atoms with E-state index in [1.54, 1.807) is 0 Å². The van der Waals surface area contributed by atoms with Crippen LogP contribution in [-0.2, 0) is 10.0 Å². The molecule has 1 aliphatic heterocycles. The topological polar surface area (TPSA) is 49.4 Å². The van der Waals surface area contributed by atoms with Crippen molar-refractivity contribution in [3.8, 4) is 0 Å². The van der Waals surface area contributed by atoms with Gasteiger partial charge in [-0.3, -0.25) is 4.31 Å². The third-order valence-corrected chi connectivity index (χ3v) is 4.38. The van der Waals surface area contributed by atoms with Crippen molar-refractivity contribution in [2.75, 3.05) is 28.5 Å². The van der Waals surface area contributed by atoms with Crippen LogP contribution in [0.2, 0.25) is 0 Å². The molecule has 0 atom stereocenters. The van der Waals surface area contributed by atoms with Gasteiger partial charge in [0.15, 0.2) is 0 Å². The summed E-state index contributed by atoms with van der Waals surface area (Å²) in [5.41, 5.74) is 1.67. The Hall–Kier alpha value is -1.23. The number of sulfonamides is 1. The van der Waals surface area contributed by atoms with Crippen molar-refractivity contribution < 1.29 is 8.42 Å². The molecule has 2 rings (SSSR count). The third kappa shape index (κ3) is 2.00. The maximum Gasteiger partial charge on any atom is 0.236 e. The predicted octanol–water partition coefficient (Wildman–Crippen LogP) is 1.66. The Bertz CT molecular complexity index is 471. The van der Waals surface area contributed by atoms with E-state index >= 15 is 0 Å². The molecule has 0 saturated heterocycles. The fraction of sp³-hybridized carbons (Fsp3) is 0.455. The minimum atomic E-state index is -3.16. The van der Waals surface area contributed by atoms with Crippen molar-refractivity contribution in [3.63, 3.8) is 0 Å². The fourth-order valence-corrected chi connectivity index (χ4v) is 3.38. The summed E-state index contributed by atoms with van der Waals surface area (Å²) in [5, 5.41) is 3.15. The molecule has 88 valence electrons. The lowest BCUT2D eigenvalue weighted by Crippen LogP contribution is -2.33. The molecule has 0 spiro atoms. The number of fused-ring (bicyclic) bond motifs is 1. The number of anilines is 2. The highest BCUT2D eigenvalue weighted by Crippen LogP contribution is 2.30. The van der Waals surface area contributed by atoms with E-state index in [0.29, 0.717) is 13.1 Å². The van der Waals surface area contributed by atoms with Gasteiger partial charge in [0.2, 0.25) is 10.0 Å². The molecule has 0 bridgehead atoms. The Labute approximate surface area is 96.3 Å². The minimum Gasteiger partial charge on any atom is -0.382 e. The molecule has 1 heterocycles. The maximum absolute atomic E-state index is 12.0. The van der Waals surface area contributed by atoms with E-state index in [4.69, 9.17) is 0 Å². The van der Waals surface area contributed by atoms with Crippen LogP contribution in [0.25, 0.3) is 0 Å². The van der Waals surface area contributed by atoms with E-state index in [0.717, 1.165) is 17.8 Å². The molecule has 1 aromatic carbocycles. The summed E-state index contributed by atoms with van der Waals surface area (Å²) >= 11 is 0. The lowest BCUT2D eigenvalue weighted by atomic mass is 10.2. The highest BCUT2D eigenvalue weighted by Gasteiger charge is 2.26. The first-order valence-corrected chi connectivity index (χ1v) is 7.09. The van der Waals surface area contributed by atoms with Crippen molar-refractivity contribution in [1.29, 1.82) is 0 Å². The number of nitrogens with one attached hydrogen (secondary N) is 1. The van der Waals surface area contributed by atoms with E-state index in [-0.39, 0.29) is 5.75 Å². The summed E-state index contributed by atoms with van der Waals surface area (Å²) in [6.45, 7) is 3.00. The average molecular weight is 240 g/mol. The normalized spacial score (nSPS) is 18.4. The third-order valence-electron chi connectivity index (χ3n) is 2.61. The molecule has 0 saturated carbocycles. The van der Waals surface area contributed by atoms with Gasteiger partial charge in [-0.1, -0.05) is 19.1 Å². The second kappa shape index (κ2) is 4.33. The summed E-state index contributed by atoms with van der Waals surface area (Å²) in [7, 11) is -3.16. The van der Waals surface area contributed by atoms with Gasteiger partial charge in [-0.05, 0) is 18.6 Å². The van der Waals surface area contributed by atoms with Gasteiger partial charge in [0, 0.05) is 13.1 Å². The van der Waals surface area contributed by atoms with Crippen LogP contribution < -0.4 is 9.62 Å². The second-order valence-corrected chi connectivity index (χ2v) is 5.84. The molecule has 0 amide bonds. The molecule has 1 aliphatic rings. The molecular formula is C11H16N2O2S. The summed E-state index contributed by atoms with van der Waals surface area (Å²) in [5.74, 6) is 0.154. The lowest BCUT2D eigenvalue weighted by Gasteiger charge is -2.22. The zero-order valence-electron chi connectivity index (χ0n) is 9.31. The van der Waals surface area contributed by atoms with Crippen molar-refractivity contribution in [2.45, 2.75) is 13.3 Å². The van der Waals surface area contributed by atoms with E-state index in [1.165, 1.54) is 4.31 Å². The molecular weight excluding hydrogens is 224 g/mol. The lowest BCUT2D eigenvalue weighted by molar-refractivity contribution is 0.591. The first kappa shape index (κ1) is 11.3. The van der Waals surface area contributed by atoms with E-state index in [2.05, 4.69) is 5.32 Å². The van der Waals surface area contributed by atoms with Gasteiger partial charge in [-0.25, -0.2) is 8.42 Å². The highest BCUT2D eigenvalue weighted by molar-refractivity contribution is 7.92. The van der Waals surface area contributed by atoms with Gasteiger partial charge in [-0.15, -0.1) is 0 Å². The van der Waals surface area contributed by atoms with Crippen LogP contribution in [0.5, 0.6) is 0 Å². The molecule has 5 heteroatoms. The van der Waals surface area contributed by atoms with Gasteiger partial charge in [0.05, 0.1) is 17.1 Å². The second-order valence-electron chi connectivity index (χ2n) is 3.83. The monoisotopic (exact) mass is 240 g/mol. The largest absolute Gasteiger partial charge is 0.382 e. The SMILES string of the molecule is CCCN1c2ccccc2NCCS1(=O)=O. The molecule has 0 radical (unpaired) electrons. The van der Waals surface area contributed by atoms with E-state index < -0.39 is 10.0 Å². The van der Waals surface area contributed by atoms with Crippen molar-refractivity contribution in [3.05, 3.63) is 24.3 Å². The number of rotatable bonds is 2. The number of benzene rings is 1. The molecule has 0 aromatic heterocycles. The molecule has 1 N–H and O–H groups in total. The Morgan fingerprint density at radius 3 is 2.88 bits per heavy atom. The van der Waals surface area contributed by atoms with Crippen LogP contribution in [-0.4, -0.2) is 27.3 Å². The van der Waals surface area contributed by atoms with Gasteiger partial charge in [0.1, 0.15) is 0 Å². The van der Waals surface area contributed by atoms with Crippen LogP contribution >= 0.6 is 0 Å². The molecule has 0 aliphatic carbocycles. The molecule has 0 fully saturated rings. The minimum absolute atomic E-state index is 0.154. The van der Waals surface area contributed by atoms with Crippen molar-refractivity contribution >= 4 is 21.4 Å². The number of nitrogens with zero attached hydrogens (tertiary/aromatic N) is 1. The number of para-hydroxylation sites is 2. The van der Waals surface area contributed by atoms with Crippen LogP contribution in [0.4, 0.5) is 11.4 Å². The van der Waals surface area contributed by atoms with Crippen LogP contribution in [0.3, 0.4) is 0 Å². The molecule has 1 aromatic rings. The fourth-order valence-electron chi connectivity index (χ4n) is 1.88. The molecule has 16 heavy (non-hydrogen) atoms. The van der Waals surface area contributed by atoms with E-state index in [1.807, 2.05) is 31.2 Å². The first-order chi connectivity index (χ1) is 7.65. The Morgan fingerprint density at radius 2 is 2.12 bits per heavy atom. The summed E-state index contributed by atoms with van der Waals surface area (Å²) in [6, 6.07) is 7.54. The van der Waals surface area contributed by atoms with Gasteiger partial charge in [0.25, 0.3) is 0 Å². The highest BCUT2D eigenvalue weighted by atomic mass is 32.2. The molecule has 0 unspecified atom stereocenters. The smallest absolute Gasteiger partial charge is 0.236 e.